The maximum atomic E-state index is 12.6. The highest BCUT2D eigenvalue weighted by molar-refractivity contribution is 8.00. The third-order valence-corrected chi connectivity index (χ3v) is 6.59. The smallest absolute Gasteiger partial charge is 0.235 e. The molecule has 0 aliphatic carbocycles. The van der Waals surface area contributed by atoms with E-state index in [0.29, 0.717) is 22.4 Å². The van der Waals surface area contributed by atoms with Crippen LogP contribution in [0.4, 0.5) is 5.82 Å². The Kier molecular flexibility index (Phi) is 5.16. The highest BCUT2D eigenvalue weighted by Gasteiger charge is 2.19. The Hall–Kier alpha value is -3.24. The van der Waals surface area contributed by atoms with Gasteiger partial charge in [0.1, 0.15) is 11.6 Å². The van der Waals surface area contributed by atoms with Gasteiger partial charge in [-0.25, -0.2) is 4.98 Å². The van der Waals surface area contributed by atoms with Crippen molar-refractivity contribution in [1.29, 1.82) is 0 Å². The van der Waals surface area contributed by atoms with Crippen LogP contribution < -0.4 is 19.5 Å². The number of carbonyl (C=O) groups excluding carboxylic acids is 1. The first-order valence-corrected chi connectivity index (χ1v) is 11.2. The van der Waals surface area contributed by atoms with Crippen molar-refractivity contribution in [3.05, 3.63) is 48.2 Å². The van der Waals surface area contributed by atoms with Crippen LogP contribution in [0.5, 0.6) is 17.2 Å². The fourth-order valence-corrected chi connectivity index (χ4v) is 4.77. The largest absolute Gasteiger partial charge is 0.497 e. The Morgan fingerprint density at radius 2 is 2.00 bits per heavy atom. The third-order valence-electron chi connectivity index (χ3n) is 4.58. The number of hydrogen-bond donors (Lipinski definition) is 1. The summed E-state index contributed by atoms with van der Waals surface area (Å²) < 4.78 is 18.7. The summed E-state index contributed by atoms with van der Waals surface area (Å²) in [6, 6.07) is 13.2. The van der Waals surface area contributed by atoms with Gasteiger partial charge in [-0.15, -0.1) is 11.8 Å². The van der Waals surface area contributed by atoms with E-state index in [1.165, 1.54) is 23.1 Å². The molecule has 1 N–H and O–H groups in total. The van der Waals surface area contributed by atoms with Gasteiger partial charge in [-0.1, -0.05) is 11.3 Å². The average Bonchev–Trinajstić information content (AvgIpc) is 3.48. The van der Waals surface area contributed by atoms with Crippen molar-refractivity contribution >= 4 is 45.0 Å². The van der Waals surface area contributed by atoms with Gasteiger partial charge in [-0.05, 0) is 31.2 Å². The molecule has 0 unspecified atom stereocenters. The number of carbonyl (C=O) groups is 1. The van der Waals surface area contributed by atoms with Crippen LogP contribution in [0.3, 0.4) is 0 Å². The number of nitrogens with zero attached hydrogens (tertiary/aromatic N) is 3. The van der Waals surface area contributed by atoms with Crippen molar-refractivity contribution in [2.75, 3.05) is 25.0 Å². The Morgan fingerprint density at radius 1 is 1.23 bits per heavy atom. The molecule has 0 saturated carbocycles. The first kappa shape index (κ1) is 19.7. The predicted octanol–water partition coefficient (Wildman–Crippen LogP) is 4.26. The van der Waals surface area contributed by atoms with E-state index in [1.807, 2.05) is 49.4 Å². The summed E-state index contributed by atoms with van der Waals surface area (Å²) >= 11 is 2.92. The molecule has 31 heavy (non-hydrogen) atoms. The molecule has 2 aromatic carbocycles. The number of thiazole rings is 1. The van der Waals surface area contributed by atoms with E-state index >= 15 is 0 Å². The van der Waals surface area contributed by atoms with Crippen LogP contribution in [0.1, 0.15) is 5.69 Å². The number of methoxy groups -OCH3 is 1. The molecule has 4 aromatic rings. The molecule has 0 atom stereocenters. The quantitative estimate of drug-likeness (QED) is 0.436. The van der Waals surface area contributed by atoms with Gasteiger partial charge in [-0.3, -0.25) is 4.79 Å². The third kappa shape index (κ3) is 4.04. The molecule has 3 heterocycles. The fraction of sp³-hybridized carbons (Fsp3) is 0.190. The summed E-state index contributed by atoms with van der Waals surface area (Å²) in [7, 11) is 1.63. The number of aromatic nitrogens is 3. The Labute approximate surface area is 186 Å². The molecule has 1 amide bonds. The van der Waals surface area contributed by atoms with E-state index in [-0.39, 0.29) is 18.5 Å². The van der Waals surface area contributed by atoms with E-state index in [2.05, 4.69) is 15.4 Å². The van der Waals surface area contributed by atoms with Gasteiger partial charge in [0.2, 0.25) is 17.8 Å². The lowest BCUT2D eigenvalue weighted by molar-refractivity contribution is -0.113. The number of amides is 1. The van der Waals surface area contributed by atoms with Gasteiger partial charge in [0.05, 0.1) is 28.8 Å². The highest BCUT2D eigenvalue weighted by atomic mass is 32.2. The molecule has 2 aromatic heterocycles. The summed E-state index contributed by atoms with van der Waals surface area (Å²) in [6.45, 7) is 2.10. The number of ether oxygens (including phenoxy) is 3. The number of rotatable bonds is 6. The molecule has 8 nitrogen and oxygen atoms in total. The van der Waals surface area contributed by atoms with Crippen molar-refractivity contribution < 1.29 is 19.0 Å². The van der Waals surface area contributed by atoms with Crippen LogP contribution in [-0.2, 0) is 4.79 Å². The van der Waals surface area contributed by atoms with Crippen LogP contribution in [-0.4, -0.2) is 40.3 Å². The van der Waals surface area contributed by atoms with E-state index in [9.17, 15) is 4.79 Å². The van der Waals surface area contributed by atoms with E-state index in [4.69, 9.17) is 14.2 Å². The zero-order valence-electron chi connectivity index (χ0n) is 16.7. The van der Waals surface area contributed by atoms with Gasteiger partial charge in [0.25, 0.3) is 0 Å². The van der Waals surface area contributed by atoms with Crippen LogP contribution >= 0.6 is 23.1 Å². The lowest BCUT2D eigenvalue weighted by atomic mass is 10.3. The van der Waals surface area contributed by atoms with Crippen LogP contribution in [0.2, 0.25) is 0 Å². The molecular weight excluding hydrogens is 436 g/mol. The number of hydrogen-bond acceptors (Lipinski definition) is 8. The summed E-state index contributed by atoms with van der Waals surface area (Å²) in [5.74, 6) is 2.92. The van der Waals surface area contributed by atoms with Gasteiger partial charge in [0, 0.05) is 23.1 Å². The number of benzene rings is 2. The molecule has 0 radical (unpaired) electrons. The van der Waals surface area contributed by atoms with Gasteiger partial charge in [0.15, 0.2) is 11.5 Å². The molecule has 158 valence electrons. The minimum atomic E-state index is -0.121. The van der Waals surface area contributed by atoms with Crippen LogP contribution in [0, 0.1) is 6.92 Å². The minimum Gasteiger partial charge on any atom is -0.497 e. The highest BCUT2D eigenvalue weighted by Crippen LogP contribution is 2.39. The van der Waals surface area contributed by atoms with Crippen molar-refractivity contribution in [3.63, 3.8) is 0 Å². The fourth-order valence-electron chi connectivity index (χ4n) is 3.13. The molecule has 0 fully saturated rings. The Bertz CT molecular complexity index is 1230. The van der Waals surface area contributed by atoms with Crippen molar-refractivity contribution in [2.45, 2.75) is 11.8 Å². The van der Waals surface area contributed by atoms with Crippen molar-refractivity contribution in [2.24, 2.45) is 0 Å². The molecule has 1 aliphatic heterocycles. The van der Waals surface area contributed by atoms with Gasteiger partial charge >= 0.3 is 0 Å². The van der Waals surface area contributed by atoms with Gasteiger partial charge in [-0.2, -0.15) is 9.78 Å². The SMILES string of the molecule is COc1ccc(SCC(=O)Nc2cc(C)nn2-c2nc3cc4c(cc3s2)OCO4)cc1. The minimum absolute atomic E-state index is 0.121. The number of thioether (sulfide) groups is 1. The number of nitrogens with one attached hydrogen (secondary N) is 1. The van der Waals surface area contributed by atoms with Crippen LogP contribution in [0.15, 0.2) is 47.4 Å². The van der Waals surface area contributed by atoms with E-state index < -0.39 is 0 Å². The molecule has 0 bridgehead atoms. The Morgan fingerprint density at radius 3 is 2.77 bits per heavy atom. The summed E-state index contributed by atoms with van der Waals surface area (Å²) in [6.07, 6.45) is 0. The second-order valence-electron chi connectivity index (χ2n) is 6.76. The first-order valence-electron chi connectivity index (χ1n) is 9.43. The maximum Gasteiger partial charge on any atom is 0.235 e. The van der Waals surface area contributed by atoms with E-state index in [0.717, 1.165) is 26.6 Å². The van der Waals surface area contributed by atoms with E-state index in [1.54, 1.807) is 11.8 Å². The number of anilines is 1. The van der Waals surface area contributed by atoms with Crippen molar-refractivity contribution in [1.82, 2.24) is 14.8 Å². The molecule has 0 saturated heterocycles. The zero-order valence-corrected chi connectivity index (χ0v) is 18.4. The standard InChI is InChI=1S/C21H18N4O4S2/c1-12-7-19(23-20(26)10-30-14-5-3-13(27-2)4-6-14)25(24-12)21-22-15-8-16-17(29-11-28-16)9-18(15)31-21/h3-9H,10-11H2,1-2H3,(H,23,26). The zero-order chi connectivity index (χ0) is 21.4. The lowest BCUT2D eigenvalue weighted by Crippen LogP contribution is -2.16. The second kappa shape index (κ2) is 8.12. The molecule has 5 rings (SSSR count). The summed E-state index contributed by atoms with van der Waals surface area (Å²) in [4.78, 5) is 18.2. The lowest BCUT2D eigenvalue weighted by Gasteiger charge is -2.07. The molecular formula is C21H18N4O4S2. The normalized spacial score (nSPS) is 12.3. The van der Waals surface area contributed by atoms with Crippen molar-refractivity contribution in [3.8, 4) is 22.4 Å². The summed E-state index contributed by atoms with van der Waals surface area (Å²) in [5.41, 5.74) is 1.58. The van der Waals surface area contributed by atoms with Gasteiger partial charge < -0.3 is 19.5 Å². The predicted molar refractivity (Wildman–Crippen MR) is 120 cm³/mol. The topological polar surface area (TPSA) is 87.5 Å². The molecule has 0 spiro atoms. The second-order valence-corrected chi connectivity index (χ2v) is 8.82. The monoisotopic (exact) mass is 454 g/mol. The first-order chi connectivity index (χ1) is 15.1. The number of aryl methyl sites for hydroxylation is 1. The number of fused-ring (bicyclic) bond motifs is 2. The maximum absolute atomic E-state index is 12.6. The van der Waals surface area contributed by atoms with Crippen LogP contribution in [0.25, 0.3) is 15.3 Å². The average molecular weight is 455 g/mol. The summed E-state index contributed by atoms with van der Waals surface area (Å²) in [5, 5.41) is 8.11. The molecule has 1 aliphatic rings. The molecule has 10 heteroatoms. The Balaban J connectivity index is 1.33.